The number of nitrogens with zero attached hydrogens (tertiary/aromatic N) is 5. The minimum atomic E-state index is 0.371. The van der Waals surface area contributed by atoms with Crippen LogP contribution in [0, 0.1) is 6.92 Å². The van der Waals surface area contributed by atoms with E-state index in [0.29, 0.717) is 11.6 Å². The van der Waals surface area contributed by atoms with Crippen molar-refractivity contribution in [1.82, 2.24) is 19.8 Å². The van der Waals surface area contributed by atoms with Crippen LogP contribution in [0.25, 0.3) is 11.3 Å². The summed E-state index contributed by atoms with van der Waals surface area (Å²) in [6.07, 6.45) is 6.55. The van der Waals surface area contributed by atoms with Gasteiger partial charge >= 0.3 is 0 Å². The molecule has 0 bridgehead atoms. The Morgan fingerprint density at radius 3 is 2.10 bits per heavy atom. The highest BCUT2D eigenvalue weighted by Crippen LogP contribution is 2.21. The van der Waals surface area contributed by atoms with Crippen molar-refractivity contribution in [2.45, 2.75) is 68.4 Å². The van der Waals surface area contributed by atoms with Crippen LogP contribution in [-0.2, 0) is 4.79 Å². The Bertz CT molecular complexity index is 1110. The number of aliphatic imine (C=N–C) groups is 1. The Hall–Kier alpha value is -3.49. The first-order valence-corrected chi connectivity index (χ1v) is 14.3. The number of carbonyl (C=O) groups excluding carboxylic acids is 2. The number of aromatic nitrogens is 2. The zero-order valence-corrected chi connectivity index (χ0v) is 27.0. The molecule has 1 aromatic heterocycles. The molecule has 1 fully saturated rings. The maximum absolute atomic E-state index is 10.5. The molecular weight excluding hydrogens is 512 g/mol. The monoisotopic (exact) mass is 564 g/mol. The number of carbonyl (C=O) groups is 2. The Balaban J connectivity index is 0.000000735. The summed E-state index contributed by atoms with van der Waals surface area (Å²) in [6.45, 7) is 26.0. The second-order valence-electron chi connectivity index (χ2n) is 9.79. The maximum Gasteiger partial charge on any atom is 0.150 e. The van der Waals surface area contributed by atoms with E-state index in [0.717, 1.165) is 73.1 Å². The summed E-state index contributed by atoms with van der Waals surface area (Å²) in [4.78, 5) is 36.6. The van der Waals surface area contributed by atoms with Gasteiger partial charge in [-0.1, -0.05) is 50.3 Å². The average molecular weight is 565 g/mol. The standard InChI is InChI=1S/C17H29N5.C13H15NO.C2H6.CH2O/c1-6-13(2)16-15(4)17(19-12-18-16)20-14(3)11-22-9-7-21(5)8-10-22;1-4-13(14-10(2)3)12-7-5-11(9-15)6-8-12;2*1-2/h6,12,14H,7-11H2,1-5H3,(H,18,19,20);4-9H,1-3H3;1-2H3;1H2/b13-6-;13-4-;;. The normalized spacial score (nSPS) is 14.6. The van der Waals surface area contributed by atoms with Crippen molar-refractivity contribution in [3.05, 3.63) is 65.1 Å². The number of nitrogens with one attached hydrogen (secondary N) is 1. The summed E-state index contributed by atoms with van der Waals surface area (Å²) in [5.74, 6) is 0.952. The molecule has 2 heterocycles. The Labute approximate surface area is 248 Å². The molecule has 41 heavy (non-hydrogen) atoms. The molecule has 0 aliphatic carbocycles. The van der Waals surface area contributed by atoms with Crippen molar-refractivity contribution in [2.24, 2.45) is 4.99 Å². The number of piperazine rings is 1. The fourth-order valence-electron chi connectivity index (χ4n) is 4.10. The number of hydrogen-bond donors (Lipinski definition) is 1. The molecule has 0 spiro atoms. The van der Waals surface area contributed by atoms with Crippen molar-refractivity contribution < 1.29 is 9.59 Å². The number of benzene rings is 1. The van der Waals surface area contributed by atoms with Gasteiger partial charge in [-0.25, -0.2) is 9.97 Å². The third-order valence-electron chi connectivity index (χ3n) is 6.36. The van der Waals surface area contributed by atoms with Gasteiger partial charge in [0, 0.05) is 55.6 Å². The molecule has 0 radical (unpaired) electrons. The van der Waals surface area contributed by atoms with Gasteiger partial charge in [-0.2, -0.15) is 0 Å². The van der Waals surface area contributed by atoms with Gasteiger partial charge in [0.25, 0.3) is 0 Å². The van der Waals surface area contributed by atoms with E-state index in [1.807, 2.05) is 66.5 Å². The molecule has 8 nitrogen and oxygen atoms in total. The van der Waals surface area contributed by atoms with Crippen LogP contribution in [0.3, 0.4) is 0 Å². The van der Waals surface area contributed by atoms with E-state index in [2.05, 4.69) is 64.0 Å². The van der Waals surface area contributed by atoms with Crippen LogP contribution in [0.15, 0.2) is 47.7 Å². The van der Waals surface area contributed by atoms with Crippen molar-refractivity contribution >= 4 is 35.9 Å². The SMILES string of the molecule is C/C=C(/C)c1ncnc(NC(C)CN2CCN(C)CC2)c1C.C/C=C(\N=C(C)C)c1ccc(C=O)cc1.C=O.CC. The highest BCUT2D eigenvalue weighted by atomic mass is 16.1. The van der Waals surface area contributed by atoms with Gasteiger partial charge < -0.3 is 15.0 Å². The molecule has 1 aliphatic rings. The third-order valence-corrected chi connectivity index (χ3v) is 6.36. The summed E-state index contributed by atoms with van der Waals surface area (Å²) >= 11 is 0. The summed E-state index contributed by atoms with van der Waals surface area (Å²) in [5, 5.41) is 3.55. The van der Waals surface area contributed by atoms with E-state index in [1.54, 1.807) is 18.5 Å². The third kappa shape index (κ3) is 13.6. The predicted molar refractivity (Wildman–Crippen MR) is 176 cm³/mol. The van der Waals surface area contributed by atoms with E-state index in [1.165, 1.54) is 5.57 Å². The molecule has 3 rings (SSSR count). The number of allylic oxidation sites excluding steroid dienone is 3. The zero-order valence-electron chi connectivity index (χ0n) is 27.0. The fourth-order valence-corrected chi connectivity index (χ4v) is 4.10. The number of hydrogen-bond acceptors (Lipinski definition) is 8. The minimum Gasteiger partial charge on any atom is -0.366 e. The lowest BCUT2D eigenvalue weighted by Crippen LogP contribution is -2.47. The fraction of sp³-hybridized carbons (Fsp3) is 0.485. The van der Waals surface area contributed by atoms with Crippen molar-refractivity contribution in [2.75, 3.05) is 45.1 Å². The average Bonchev–Trinajstić information content (AvgIpc) is 3.00. The van der Waals surface area contributed by atoms with E-state index < -0.39 is 0 Å². The first kappa shape index (κ1) is 37.5. The highest BCUT2D eigenvalue weighted by Gasteiger charge is 2.17. The summed E-state index contributed by atoms with van der Waals surface area (Å²) in [5.41, 5.74) is 7.02. The Morgan fingerprint density at radius 1 is 1.02 bits per heavy atom. The van der Waals surface area contributed by atoms with E-state index in [4.69, 9.17) is 4.79 Å². The van der Waals surface area contributed by atoms with Crippen molar-refractivity contribution in [3.63, 3.8) is 0 Å². The number of aldehydes is 1. The maximum atomic E-state index is 10.5. The Kier molecular flexibility index (Phi) is 19.5. The summed E-state index contributed by atoms with van der Waals surface area (Å²) in [7, 11) is 2.19. The largest absolute Gasteiger partial charge is 0.366 e. The molecule has 1 atom stereocenters. The first-order valence-electron chi connectivity index (χ1n) is 14.3. The van der Waals surface area contributed by atoms with Gasteiger partial charge in [0.2, 0.25) is 0 Å². The van der Waals surface area contributed by atoms with Gasteiger partial charge in [0.1, 0.15) is 25.2 Å². The molecule has 8 heteroatoms. The first-order chi connectivity index (χ1) is 19.7. The molecule has 1 aromatic carbocycles. The van der Waals surface area contributed by atoms with E-state index in [-0.39, 0.29) is 0 Å². The second kappa shape index (κ2) is 21.3. The number of likely N-dealkylation sites (N-methyl/N-ethyl adjacent to an activating group) is 1. The lowest BCUT2D eigenvalue weighted by atomic mass is 10.1. The van der Waals surface area contributed by atoms with Crippen LogP contribution in [0.1, 0.15) is 82.6 Å². The number of anilines is 1. The van der Waals surface area contributed by atoms with Crippen molar-refractivity contribution in [3.8, 4) is 0 Å². The van der Waals surface area contributed by atoms with Gasteiger partial charge in [0.05, 0.1) is 11.4 Å². The van der Waals surface area contributed by atoms with Crippen LogP contribution in [0.5, 0.6) is 0 Å². The molecule has 0 saturated carbocycles. The van der Waals surface area contributed by atoms with E-state index >= 15 is 0 Å². The molecule has 1 N–H and O–H groups in total. The van der Waals surface area contributed by atoms with Crippen LogP contribution in [-0.4, -0.2) is 84.4 Å². The molecule has 0 amide bonds. The topological polar surface area (TPSA) is 90.8 Å². The zero-order chi connectivity index (χ0) is 31.4. The summed E-state index contributed by atoms with van der Waals surface area (Å²) in [6, 6.07) is 7.78. The Morgan fingerprint density at radius 2 is 1.61 bits per heavy atom. The quantitative estimate of drug-likeness (QED) is 0.291. The predicted octanol–water partition coefficient (Wildman–Crippen LogP) is 6.44. The smallest absolute Gasteiger partial charge is 0.150 e. The summed E-state index contributed by atoms with van der Waals surface area (Å²) < 4.78 is 0. The number of rotatable bonds is 8. The second-order valence-corrected chi connectivity index (χ2v) is 9.79. The van der Waals surface area contributed by atoms with Gasteiger partial charge in [-0.05, 0) is 66.7 Å². The van der Waals surface area contributed by atoms with Gasteiger partial charge in [0.15, 0.2) is 0 Å². The molecular formula is C33H52N6O2. The highest BCUT2D eigenvalue weighted by molar-refractivity contribution is 5.86. The van der Waals surface area contributed by atoms with E-state index in [9.17, 15) is 4.79 Å². The van der Waals surface area contributed by atoms with Crippen LogP contribution >= 0.6 is 0 Å². The molecule has 1 aliphatic heterocycles. The van der Waals surface area contributed by atoms with Gasteiger partial charge in [-0.3, -0.25) is 14.7 Å². The molecule has 1 unspecified atom stereocenters. The molecule has 2 aromatic rings. The van der Waals surface area contributed by atoms with Crippen LogP contribution in [0.4, 0.5) is 5.82 Å². The molecule has 226 valence electrons. The lowest BCUT2D eigenvalue weighted by Gasteiger charge is -2.34. The molecule has 1 saturated heterocycles. The van der Waals surface area contributed by atoms with Crippen LogP contribution < -0.4 is 5.32 Å². The minimum absolute atomic E-state index is 0.371. The lowest BCUT2D eigenvalue weighted by molar-refractivity contribution is -0.0980. The van der Waals surface area contributed by atoms with Crippen LogP contribution in [0.2, 0.25) is 0 Å². The van der Waals surface area contributed by atoms with Gasteiger partial charge in [-0.15, -0.1) is 0 Å². The van der Waals surface area contributed by atoms with Crippen molar-refractivity contribution in [1.29, 1.82) is 0 Å².